The van der Waals surface area contributed by atoms with Gasteiger partial charge in [-0.3, -0.25) is 9.58 Å². The van der Waals surface area contributed by atoms with Crippen LogP contribution in [-0.2, 0) is 18.3 Å². The van der Waals surface area contributed by atoms with Crippen LogP contribution >= 0.6 is 11.6 Å². The Morgan fingerprint density at radius 2 is 1.96 bits per heavy atom. The van der Waals surface area contributed by atoms with E-state index >= 15 is 0 Å². The van der Waals surface area contributed by atoms with Gasteiger partial charge in [0.1, 0.15) is 10.9 Å². The lowest BCUT2D eigenvalue weighted by molar-refractivity contribution is 0.0161. The highest BCUT2D eigenvalue weighted by Gasteiger charge is 2.23. The van der Waals surface area contributed by atoms with Crippen LogP contribution in [0.25, 0.3) is 0 Å². The molecule has 0 saturated carbocycles. The molecular formula is C19H27ClN4O2. The molecule has 0 bridgehead atoms. The highest BCUT2D eigenvalue weighted by molar-refractivity contribution is 6.30. The molecule has 1 fully saturated rings. The summed E-state index contributed by atoms with van der Waals surface area (Å²) < 4.78 is 12.5. The second-order valence-corrected chi connectivity index (χ2v) is 6.90. The van der Waals surface area contributed by atoms with Crippen LogP contribution in [0, 0.1) is 6.92 Å². The first-order chi connectivity index (χ1) is 12.6. The molecule has 7 heteroatoms. The van der Waals surface area contributed by atoms with E-state index in [0.29, 0.717) is 11.7 Å². The topological polar surface area (TPSA) is 51.5 Å². The Hall–Kier alpha value is -1.60. The zero-order valence-corrected chi connectivity index (χ0v) is 16.4. The predicted molar refractivity (Wildman–Crippen MR) is 103 cm³/mol. The number of halogens is 1. The number of rotatable bonds is 7. The van der Waals surface area contributed by atoms with E-state index in [2.05, 4.69) is 27.4 Å². The van der Waals surface area contributed by atoms with Crippen LogP contribution in [0.15, 0.2) is 24.3 Å². The fourth-order valence-corrected chi connectivity index (χ4v) is 3.62. The average molecular weight is 379 g/mol. The molecule has 1 atom stereocenters. The van der Waals surface area contributed by atoms with Gasteiger partial charge < -0.3 is 14.8 Å². The minimum atomic E-state index is 0.278. The molecule has 1 aliphatic rings. The number of nitrogens with one attached hydrogen (secondary N) is 1. The summed E-state index contributed by atoms with van der Waals surface area (Å²) >= 11 is 6.35. The van der Waals surface area contributed by atoms with Gasteiger partial charge in [0, 0.05) is 44.8 Å². The van der Waals surface area contributed by atoms with Crippen molar-refractivity contribution in [1.29, 1.82) is 0 Å². The lowest BCUT2D eigenvalue weighted by Gasteiger charge is -2.35. The number of aromatic nitrogens is 2. The van der Waals surface area contributed by atoms with Crippen LogP contribution < -0.4 is 10.1 Å². The van der Waals surface area contributed by atoms with Gasteiger partial charge in [0.25, 0.3) is 0 Å². The number of methoxy groups -OCH3 is 1. The number of hydrogen-bond acceptors (Lipinski definition) is 5. The molecule has 1 aromatic heterocycles. The summed E-state index contributed by atoms with van der Waals surface area (Å²) in [7, 11) is 3.56. The molecule has 0 amide bonds. The number of nitrogens with zero attached hydrogens (tertiary/aromatic N) is 3. The largest absolute Gasteiger partial charge is 0.497 e. The average Bonchev–Trinajstić information content (AvgIpc) is 2.92. The van der Waals surface area contributed by atoms with E-state index in [9.17, 15) is 0 Å². The summed E-state index contributed by atoms with van der Waals surface area (Å²) in [4.78, 5) is 2.47. The Morgan fingerprint density at radius 3 is 2.54 bits per heavy atom. The quantitative estimate of drug-likeness (QED) is 0.802. The Labute approximate surface area is 160 Å². The van der Waals surface area contributed by atoms with Crippen molar-refractivity contribution in [2.45, 2.75) is 19.5 Å². The Bertz CT molecular complexity index is 711. The number of ether oxygens (including phenoxy) is 2. The van der Waals surface area contributed by atoms with E-state index in [1.807, 2.05) is 26.1 Å². The van der Waals surface area contributed by atoms with Gasteiger partial charge in [0.05, 0.1) is 26.0 Å². The van der Waals surface area contributed by atoms with Crippen LogP contribution in [0.4, 0.5) is 0 Å². The van der Waals surface area contributed by atoms with Crippen molar-refractivity contribution >= 4 is 11.6 Å². The van der Waals surface area contributed by atoms with Crippen LogP contribution in [0.1, 0.15) is 22.9 Å². The summed E-state index contributed by atoms with van der Waals surface area (Å²) in [5.74, 6) is 0.875. The second kappa shape index (κ2) is 8.86. The van der Waals surface area contributed by atoms with E-state index in [4.69, 9.17) is 21.1 Å². The molecule has 26 heavy (non-hydrogen) atoms. The summed E-state index contributed by atoms with van der Waals surface area (Å²) in [6, 6.07) is 8.60. The third-order valence-electron chi connectivity index (χ3n) is 4.90. The molecule has 3 rings (SSSR count). The molecular weight excluding hydrogens is 352 g/mol. The lowest BCUT2D eigenvalue weighted by Crippen LogP contribution is -2.42. The molecule has 0 spiro atoms. The van der Waals surface area contributed by atoms with Gasteiger partial charge in [-0.05, 0) is 24.6 Å². The highest BCUT2D eigenvalue weighted by Crippen LogP contribution is 2.24. The third-order valence-corrected chi connectivity index (χ3v) is 5.37. The van der Waals surface area contributed by atoms with E-state index in [1.165, 1.54) is 5.56 Å². The fraction of sp³-hybridized carbons (Fsp3) is 0.526. The summed E-state index contributed by atoms with van der Waals surface area (Å²) in [6.07, 6.45) is 0. The third kappa shape index (κ3) is 4.38. The monoisotopic (exact) mass is 378 g/mol. The van der Waals surface area contributed by atoms with Gasteiger partial charge in [0.15, 0.2) is 0 Å². The standard InChI is InChI=1S/C19H27ClN4O2/c1-14-17(19(20)23(2)22-14)12-21-13-18(24-8-10-26-11-9-24)15-4-6-16(25-3)7-5-15/h4-7,18,21H,8-13H2,1-3H3. The molecule has 1 N–H and O–H groups in total. The maximum atomic E-state index is 6.35. The summed E-state index contributed by atoms with van der Waals surface area (Å²) in [6.45, 7) is 6.95. The molecule has 1 aromatic carbocycles. The first-order valence-electron chi connectivity index (χ1n) is 8.94. The Balaban J connectivity index is 1.70. The van der Waals surface area contributed by atoms with E-state index in [-0.39, 0.29) is 6.04 Å². The first-order valence-corrected chi connectivity index (χ1v) is 9.32. The summed E-state index contributed by atoms with van der Waals surface area (Å²) in [5.41, 5.74) is 3.30. The van der Waals surface area contributed by atoms with E-state index < -0.39 is 0 Å². The minimum absolute atomic E-state index is 0.278. The Kier molecular flexibility index (Phi) is 6.53. The summed E-state index contributed by atoms with van der Waals surface area (Å²) in [5, 5.41) is 8.65. The van der Waals surface area contributed by atoms with Gasteiger partial charge in [-0.2, -0.15) is 5.10 Å². The van der Waals surface area contributed by atoms with Crippen molar-refractivity contribution in [1.82, 2.24) is 20.0 Å². The molecule has 142 valence electrons. The van der Waals surface area contributed by atoms with E-state index in [0.717, 1.165) is 49.9 Å². The fourth-order valence-electron chi connectivity index (χ4n) is 3.38. The Morgan fingerprint density at radius 1 is 1.27 bits per heavy atom. The van der Waals surface area contributed by atoms with Crippen LogP contribution in [0.2, 0.25) is 5.15 Å². The highest BCUT2D eigenvalue weighted by atomic mass is 35.5. The zero-order chi connectivity index (χ0) is 18.5. The van der Waals surface area contributed by atoms with Crippen molar-refractivity contribution in [3.63, 3.8) is 0 Å². The number of aryl methyl sites for hydroxylation is 2. The maximum Gasteiger partial charge on any atom is 0.131 e. The minimum Gasteiger partial charge on any atom is -0.497 e. The molecule has 1 aliphatic heterocycles. The normalized spacial score (nSPS) is 16.6. The molecule has 1 unspecified atom stereocenters. The molecule has 0 radical (unpaired) electrons. The number of hydrogen-bond donors (Lipinski definition) is 1. The van der Waals surface area contributed by atoms with Gasteiger partial charge in [-0.15, -0.1) is 0 Å². The van der Waals surface area contributed by atoms with E-state index in [1.54, 1.807) is 11.8 Å². The van der Waals surface area contributed by atoms with Crippen LogP contribution in [0.3, 0.4) is 0 Å². The first kappa shape index (κ1) is 19.2. The second-order valence-electron chi connectivity index (χ2n) is 6.55. The smallest absolute Gasteiger partial charge is 0.131 e. The molecule has 1 saturated heterocycles. The van der Waals surface area contributed by atoms with Crippen molar-refractivity contribution in [3.8, 4) is 5.75 Å². The van der Waals surface area contributed by atoms with Gasteiger partial charge >= 0.3 is 0 Å². The zero-order valence-electron chi connectivity index (χ0n) is 15.7. The molecule has 6 nitrogen and oxygen atoms in total. The van der Waals surface area contributed by atoms with Crippen molar-refractivity contribution in [2.75, 3.05) is 40.0 Å². The lowest BCUT2D eigenvalue weighted by atomic mass is 10.0. The van der Waals surface area contributed by atoms with Gasteiger partial charge in [-0.25, -0.2) is 0 Å². The van der Waals surface area contributed by atoms with Crippen LogP contribution in [0.5, 0.6) is 5.75 Å². The van der Waals surface area contributed by atoms with Crippen molar-refractivity contribution in [2.24, 2.45) is 7.05 Å². The maximum absolute atomic E-state index is 6.35. The number of morpholine rings is 1. The molecule has 0 aliphatic carbocycles. The van der Waals surface area contributed by atoms with Crippen molar-refractivity contribution < 1.29 is 9.47 Å². The predicted octanol–water partition coefficient (Wildman–Crippen LogP) is 2.55. The number of benzene rings is 1. The molecule has 2 heterocycles. The van der Waals surface area contributed by atoms with Gasteiger partial charge in [0.2, 0.25) is 0 Å². The molecule has 2 aromatic rings. The SMILES string of the molecule is COc1ccc(C(CNCc2c(C)nn(C)c2Cl)N2CCOCC2)cc1. The van der Waals surface area contributed by atoms with Crippen molar-refractivity contribution in [3.05, 3.63) is 46.2 Å². The van der Waals surface area contributed by atoms with Gasteiger partial charge in [-0.1, -0.05) is 23.7 Å². The van der Waals surface area contributed by atoms with Crippen LogP contribution in [-0.4, -0.2) is 54.6 Å².